The first-order valence-electron chi connectivity index (χ1n) is 4.78. The lowest BCUT2D eigenvalue weighted by molar-refractivity contribution is -0.771. The molecule has 0 bridgehead atoms. The molecule has 0 aromatic heterocycles. The topological polar surface area (TPSA) is 128 Å². The van der Waals surface area contributed by atoms with Crippen molar-refractivity contribution >= 4 is 11.1 Å². The van der Waals surface area contributed by atoms with E-state index in [4.69, 9.17) is 14.0 Å². The lowest BCUT2D eigenvalue weighted by Gasteiger charge is -2.29. The van der Waals surface area contributed by atoms with Crippen molar-refractivity contribution in [1.82, 2.24) is 0 Å². The van der Waals surface area contributed by atoms with Gasteiger partial charge in [0.25, 0.3) is 5.09 Å². The average Bonchev–Trinajstić information content (AvgIpc) is 2.67. The van der Waals surface area contributed by atoms with E-state index in [0.717, 1.165) is 0 Å². The summed E-state index contributed by atoms with van der Waals surface area (Å²) in [6.07, 6.45) is -2.99. The van der Waals surface area contributed by atoms with Crippen molar-refractivity contribution in [2.75, 3.05) is 19.0 Å². The van der Waals surface area contributed by atoms with Gasteiger partial charge in [-0.05, 0) is 0 Å². The van der Waals surface area contributed by atoms with Gasteiger partial charge in [0.05, 0.1) is 19.0 Å². The van der Waals surface area contributed by atoms with Crippen LogP contribution in [-0.2, 0) is 25.4 Å². The summed E-state index contributed by atoms with van der Waals surface area (Å²) in [5.41, 5.74) is -1.44. The molecule has 0 aliphatic carbocycles. The summed E-state index contributed by atoms with van der Waals surface area (Å²) in [7, 11) is 0. The van der Waals surface area contributed by atoms with Crippen molar-refractivity contribution in [3.8, 4) is 0 Å². The van der Waals surface area contributed by atoms with Crippen LogP contribution in [0.5, 0.6) is 0 Å². The molecule has 2 heterocycles. The minimum atomic E-state index is -2.24. The Morgan fingerprint density at radius 2 is 2.29 bits per heavy atom. The molecule has 9 nitrogen and oxygen atoms in total. The quantitative estimate of drug-likeness (QED) is 0.351. The van der Waals surface area contributed by atoms with Crippen LogP contribution in [0.1, 0.15) is 0 Å². The molecule has 0 aromatic rings. The average molecular weight is 269 g/mol. The molecule has 17 heavy (non-hydrogen) atoms. The van der Waals surface area contributed by atoms with Crippen molar-refractivity contribution in [3.05, 3.63) is 10.1 Å². The Hall–Kier alpha value is -0.810. The monoisotopic (exact) mass is 269 g/mol. The predicted octanol–water partition coefficient (Wildman–Crippen LogP) is -1.69. The van der Waals surface area contributed by atoms with Gasteiger partial charge in [0.15, 0.2) is 17.2 Å². The molecule has 5 atom stereocenters. The number of fused-ring (bicyclic) bond motifs is 1. The van der Waals surface area contributed by atoms with Gasteiger partial charge in [0.2, 0.25) is 0 Å². The molecule has 2 fully saturated rings. The fraction of sp³-hybridized carbons (Fsp3) is 1.00. The highest BCUT2D eigenvalue weighted by Crippen LogP contribution is 2.39. The Bertz CT molecular complexity index is 351. The molecule has 2 N–H and O–H groups in total. The lowest BCUT2D eigenvalue weighted by Crippen LogP contribution is -2.52. The van der Waals surface area contributed by atoms with Gasteiger partial charge in [-0.25, -0.2) is 4.21 Å². The maximum atomic E-state index is 10.9. The Morgan fingerprint density at radius 1 is 1.59 bits per heavy atom. The molecule has 2 saturated heterocycles. The summed E-state index contributed by atoms with van der Waals surface area (Å²) in [6, 6.07) is 0. The van der Waals surface area contributed by atoms with Gasteiger partial charge >= 0.3 is 0 Å². The third-order valence-corrected chi connectivity index (χ3v) is 3.59. The van der Waals surface area contributed by atoms with Crippen LogP contribution in [-0.4, -0.2) is 61.8 Å². The maximum Gasteiger partial charge on any atom is 0.294 e. The number of hydrogen-bond donors (Lipinski definition) is 2. The second-order valence-electron chi connectivity index (χ2n) is 3.87. The molecular formula is C7H11NO8S. The number of nitrogens with zero attached hydrogens (tertiary/aromatic N) is 1. The van der Waals surface area contributed by atoms with E-state index < -0.39 is 45.8 Å². The third kappa shape index (κ3) is 2.13. The van der Waals surface area contributed by atoms with Gasteiger partial charge in [-0.3, -0.25) is 0 Å². The van der Waals surface area contributed by atoms with Crippen LogP contribution in [0.4, 0.5) is 0 Å². The first kappa shape index (κ1) is 12.6. The van der Waals surface area contributed by atoms with E-state index in [1.165, 1.54) is 0 Å². The Kier molecular flexibility index (Phi) is 3.32. The van der Waals surface area contributed by atoms with E-state index in [2.05, 4.69) is 4.84 Å². The number of aliphatic hydroxyl groups excluding tert-OH is 1. The predicted molar refractivity (Wildman–Crippen MR) is 51.9 cm³/mol. The van der Waals surface area contributed by atoms with E-state index in [-0.39, 0.29) is 13.2 Å². The standard InChI is InChI=1S/C7H11NO8S/c9-4-1-15-7(3-17(12)13)5(16-8(10)11)2-14-6(4)7/h4-6,9H,1-3H2,(H,12,13)/t4-,5+,6-,7-/m1/s1. The van der Waals surface area contributed by atoms with Crippen molar-refractivity contribution in [2.24, 2.45) is 0 Å². The van der Waals surface area contributed by atoms with E-state index >= 15 is 0 Å². The first-order valence-corrected chi connectivity index (χ1v) is 6.05. The van der Waals surface area contributed by atoms with E-state index in [1.807, 2.05) is 0 Å². The minimum absolute atomic E-state index is 0.112. The highest BCUT2D eigenvalue weighted by atomic mass is 32.2. The van der Waals surface area contributed by atoms with Crippen LogP contribution < -0.4 is 0 Å². The smallest absolute Gasteiger partial charge is 0.294 e. The maximum absolute atomic E-state index is 10.9. The summed E-state index contributed by atoms with van der Waals surface area (Å²) >= 11 is -2.24. The lowest BCUT2D eigenvalue weighted by atomic mass is 9.94. The Labute approximate surface area is 98.0 Å². The molecule has 0 aromatic carbocycles. The number of hydrogen-bond acceptors (Lipinski definition) is 7. The van der Waals surface area contributed by atoms with Crippen molar-refractivity contribution in [1.29, 1.82) is 0 Å². The summed E-state index contributed by atoms with van der Waals surface area (Å²) in [5.74, 6) is -0.409. The van der Waals surface area contributed by atoms with Crippen LogP contribution in [0.15, 0.2) is 0 Å². The molecule has 0 saturated carbocycles. The van der Waals surface area contributed by atoms with Crippen LogP contribution in [0.3, 0.4) is 0 Å². The molecule has 0 amide bonds. The zero-order valence-corrected chi connectivity index (χ0v) is 9.37. The molecule has 0 spiro atoms. The van der Waals surface area contributed by atoms with Gasteiger partial charge in [0, 0.05) is 0 Å². The van der Waals surface area contributed by atoms with Crippen LogP contribution in [0.25, 0.3) is 0 Å². The summed E-state index contributed by atoms with van der Waals surface area (Å²) in [6.45, 7) is -0.278. The second kappa shape index (κ2) is 4.46. The number of ether oxygens (including phenoxy) is 2. The Balaban J connectivity index is 2.23. The van der Waals surface area contributed by atoms with Crippen molar-refractivity contribution in [3.63, 3.8) is 0 Å². The fourth-order valence-corrected chi connectivity index (χ4v) is 3.05. The minimum Gasteiger partial charge on any atom is -0.388 e. The largest absolute Gasteiger partial charge is 0.388 e. The molecule has 1 unspecified atom stereocenters. The molecule has 2 aliphatic rings. The Morgan fingerprint density at radius 3 is 2.88 bits per heavy atom. The summed E-state index contributed by atoms with van der Waals surface area (Å²) in [5, 5.41) is 18.9. The molecule has 2 aliphatic heterocycles. The second-order valence-corrected chi connectivity index (χ2v) is 4.80. The molecule has 10 heteroatoms. The van der Waals surface area contributed by atoms with Crippen LogP contribution in [0, 0.1) is 10.1 Å². The van der Waals surface area contributed by atoms with E-state index in [9.17, 15) is 19.4 Å². The summed E-state index contributed by atoms with van der Waals surface area (Å²) in [4.78, 5) is 14.7. The number of aliphatic hydroxyl groups is 1. The first-order chi connectivity index (χ1) is 7.95. The third-order valence-electron chi connectivity index (χ3n) is 2.89. The number of rotatable bonds is 4. The molecular weight excluding hydrogens is 258 g/mol. The van der Waals surface area contributed by atoms with Crippen LogP contribution >= 0.6 is 0 Å². The van der Waals surface area contributed by atoms with Crippen molar-refractivity contribution < 1.29 is 33.3 Å². The van der Waals surface area contributed by atoms with Gasteiger partial charge in [0.1, 0.15) is 17.8 Å². The van der Waals surface area contributed by atoms with Gasteiger partial charge in [-0.2, -0.15) is 0 Å². The zero-order chi connectivity index (χ0) is 12.6. The van der Waals surface area contributed by atoms with Gasteiger partial charge in [-0.1, -0.05) is 0 Å². The molecule has 2 rings (SSSR count). The molecule has 98 valence electrons. The normalized spacial score (nSPS) is 42.1. The molecule has 0 radical (unpaired) electrons. The van der Waals surface area contributed by atoms with E-state index in [1.54, 1.807) is 0 Å². The van der Waals surface area contributed by atoms with Crippen molar-refractivity contribution in [2.45, 2.75) is 23.9 Å². The highest BCUT2D eigenvalue weighted by molar-refractivity contribution is 7.79. The zero-order valence-electron chi connectivity index (χ0n) is 8.55. The van der Waals surface area contributed by atoms with Gasteiger partial charge in [-0.15, -0.1) is 10.1 Å². The highest BCUT2D eigenvalue weighted by Gasteiger charge is 2.62. The van der Waals surface area contributed by atoms with Gasteiger partial charge < -0.3 is 24.0 Å². The van der Waals surface area contributed by atoms with E-state index in [0.29, 0.717) is 0 Å². The van der Waals surface area contributed by atoms with Crippen LogP contribution in [0.2, 0.25) is 0 Å². The summed E-state index contributed by atoms with van der Waals surface area (Å²) < 4.78 is 30.2. The fourth-order valence-electron chi connectivity index (χ4n) is 2.23. The SMILES string of the molecule is O=[N+]([O-])O[C@H]1CO[C@@H]2[C@H](O)CO[C@]12CS(=O)O.